The fourth-order valence-corrected chi connectivity index (χ4v) is 2.03. The molecule has 0 amide bonds. The Hall–Kier alpha value is -1.52. The monoisotopic (exact) mass is 263 g/mol. The fraction of sp³-hybridized carbons (Fsp3) is 0.214. The maximum Gasteiger partial charge on any atom is 0.336 e. The van der Waals surface area contributed by atoms with Crippen LogP contribution in [0.4, 0.5) is 0 Å². The third-order valence-corrected chi connectivity index (χ3v) is 2.84. The van der Waals surface area contributed by atoms with Gasteiger partial charge in [0.2, 0.25) is 0 Å². The van der Waals surface area contributed by atoms with Crippen molar-refractivity contribution in [1.82, 2.24) is 0 Å². The fourth-order valence-electron chi connectivity index (χ4n) is 2.03. The van der Waals surface area contributed by atoms with Crippen molar-refractivity contribution in [3.63, 3.8) is 0 Å². The average molecular weight is 263 g/mol. The van der Waals surface area contributed by atoms with Crippen LogP contribution in [0.1, 0.15) is 24.3 Å². The van der Waals surface area contributed by atoms with Crippen molar-refractivity contribution in [2.75, 3.05) is 0 Å². The number of carbonyl (C=O) groups is 1. The molecule has 1 aromatic carbocycles. The molecule has 1 unspecified atom stereocenters. The molecule has 96 valence electrons. The van der Waals surface area contributed by atoms with E-state index >= 15 is 0 Å². The lowest BCUT2D eigenvalue weighted by atomic mass is 9.88. The quantitative estimate of drug-likeness (QED) is 0.853. The Morgan fingerprint density at radius 1 is 1.22 bits per heavy atom. The first-order chi connectivity index (χ1) is 8.33. The molecule has 0 radical (unpaired) electrons. The molecule has 0 saturated heterocycles. The van der Waals surface area contributed by atoms with Crippen molar-refractivity contribution in [3.8, 4) is 0 Å². The molecule has 18 heavy (non-hydrogen) atoms. The molecule has 0 spiro atoms. The lowest BCUT2D eigenvalue weighted by Crippen LogP contribution is -2.21. The Morgan fingerprint density at radius 2 is 1.94 bits per heavy atom. The number of hydrogen-bond acceptors (Lipinski definition) is 3. The number of allylic oxidation sites excluding steroid dienone is 3. The van der Waals surface area contributed by atoms with Gasteiger partial charge in [0.15, 0.2) is 0 Å². The Bertz CT molecular complexity index is 454. The van der Waals surface area contributed by atoms with Gasteiger partial charge in [0.05, 0.1) is 0 Å². The molecule has 1 aliphatic carbocycles. The van der Waals surface area contributed by atoms with E-state index in [2.05, 4.69) is 17.0 Å². The van der Waals surface area contributed by atoms with E-state index in [1.807, 2.05) is 36.4 Å². The Kier molecular flexibility index (Phi) is 5.68. The molecular weight excluding hydrogens is 246 g/mol. The Labute approximate surface area is 114 Å². The molecule has 2 N–H and O–H groups in total. The molecule has 0 saturated carbocycles. The molecule has 0 heterocycles. The summed E-state index contributed by atoms with van der Waals surface area (Å²) in [7, 11) is 0. The number of rotatable bonds is 3. The third-order valence-electron chi connectivity index (χ3n) is 2.84. The van der Waals surface area contributed by atoms with E-state index in [4.69, 9.17) is 5.90 Å². The zero-order valence-electron chi connectivity index (χ0n) is 10.0. The molecule has 0 fully saturated rings. The van der Waals surface area contributed by atoms with Crippen molar-refractivity contribution in [2.45, 2.75) is 18.8 Å². The highest BCUT2D eigenvalue weighted by Crippen LogP contribution is 2.29. The minimum absolute atomic E-state index is 0. The van der Waals surface area contributed by atoms with Crippen LogP contribution in [-0.2, 0) is 9.63 Å². The summed E-state index contributed by atoms with van der Waals surface area (Å²) in [4.78, 5) is 16.2. The molecule has 2 rings (SSSR count). The summed E-state index contributed by atoms with van der Waals surface area (Å²) in [6, 6.07) is 9.54. The van der Waals surface area contributed by atoms with Gasteiger partial charge in [0, 0.05) is 0 Å². The summed E-state index contributed by atoms with van der Waals surface area (Å²) < 4.78 is 0. The van der Waals surface area contributed by atoms with E-state index in [0.29, 0.717) is 0 Å². The molecule has 0 bridgehead atoms. The van der Waals surface area contributed by atoms with Gasteiger partial charge in [-0.3, -0.25) is 0 Å². The summed E-state index contributed by atoms with van der Waals surface area (Å²) in [6.07, 6.45) is 8.07. The van der Waals surface area contributed by atoms with Gasteiger partial charge in [0.1, 0.15) is 5.92 Å². The molecule has 0 aromatic heterocycles. The minimum atomic E-state index is -0.422. The summed E-state index contributed by atoms with van der Waals surface area (Å²) in [6.45, 7) is 0. The van der Waals surface area contributed by atoms with Crippen molar-refractivity contribution in [3.05, 3.63) is 59.7 Å². The standard InChI is InChI=1S/C14H15NO2.H2S/c15-17-14(16)13(11-7-3-1-4-8-11)12-9-5-2-6-10-12;/h1,3-5,7-10,13H,2,6,15H2;1H2. The van der Waals surface area contributed by atoms with Gasteiger partial charge in [-0.15, -0.1) is 0 Å². The normalized spacial score (nSPS) is 15.3. The Balaban J connectivity index is 0.00000162. The van der Waals surface area contributed by atoms with E-state index in [1.165, 1.54) is 0 Å². The van der Waals surface area contributed by atoms with Crippen molar-refractivity contribution >= 4 is 19.5 Å². The molecule has 1 aliphatic rings. The molecule has 4 heteroatoms. The van der Waals surface area contributed by atoms with Crippen LogP contribution in [0.2, 0.25) is 0 Å². The van der Waals surface area contributed by atoms with Crippen molar-refractivity contribution < 1.29 is 9.63 Å². The van der Waals surface area contributed by atoms with E-state index in [1.54, 1.807) is 0 Å². The highest BCUT2D eigenvalue weighted by Gasteiger charge is 2.25. The molecule has 1 aromatic rings. The van der Waals surface area contributed by atoms with Crippen LogP contribution in [0, 0.1) is 0 Å². The SMILES string of the molecule is NOC(=O)C(C1=CCCC=C1)c1ccccc1.S. The summed E-state index contributed by atoms with van der Waals surface area (Å²) in [5, 5.41) is 0. The number of carbonyl (C=O) groups excluding carboxylic acids is 1. The predicted molar refractivity (Wildman–Crippen MR) is 76.3 cm³/mol. The van der Waals surface area contributed by atoms with Gasteiger partial charge in [-0.05, 0) is 24.0 Å². The third kappa shape index (κ3) is 3.24. The summed E-state index contributed by atoms with van der Waals surface area (Å²) >= 11 is 0. The van der Waals surface area contributed by atoms with E-state index in [-0.39, 0.29) is 13.5 Å². The zero-order valence-corrected chi connectivity index (χ0v) is 11.0. The first kappa shape index (κ1) is 14.5. The van der Waals surface area contributed by atoms with Gasteiger partial charge < -0.3 is 4.84 Å². The minimum Gasteiger partial charge on any atom is -0.373 e. The van der Waals surface area contributed by atoms with E-state index in [9.17, 15) is 4.79 Å². The van der Waals surface area contributed by atoms with Gasteiger partial charge >= 0.3 is 5.97 Å². The topological polar surface area (TPSA) is 52.3 Å². The Morgan fingerprint density at radius 3 is 2.50 bits per heavy atom. The van der Waals surface area contributed by atoms with Crippen LogP contribution in [0.15, 0.2) is 54.1 Å². The second-order valence-electron chi connectivity index (χ2n) is 3.96. The van der Waals surface area contributed by atoms with Crippen LogP contribution >= 0.6 is 13.5 Å². The van der Waals surface area contributed by atoms with Crippen LogP contribution < -0.4 is 5.90 Å². The molecular formula is C14H17NO2S. The first-order valence-corrected chi connectivity index (χ1v) is 5.65. The van der Waals surface area contributed by atoms with Gasteiger partial charge in [-0.25, -0.2) is 4.79 Å². The highest BCUT2D eigenvalue weighted by atomic mass is 32.1. The zero-order chi connectivity index (χ0) is 12.1. The molecule has 1 atom stereocenters. The van der Waals surface area contributed by atoms with Crippen LogP contribution in [0.5, 0.6) is 0 Å². The second-order valence-corrected chi connectivity index (χ2v) is 3.96. The van der Waals surface area contributed by atoms with Gasteiger partial charge in [0.25, 0.3) is 0 Å². The smallest absolute Gasteiger partial charge is 0.336 e. The van der Waals surface area contributed by atoms with E-state index < -0.39 is 11.9 Å². The average Bonchev–Trinajstić information content (AvgIpc) is 2.41. The summed E-state index contributed by atoms with van der Waals surface area (Å²) in [5.41, 5.74) is 1.86. The largest absolute Gasteiger partial charge is 0.373 e. The van der Waals surface area contributed by atoms with Crippen LogP contribution in [0.3, 0.4) is 0 Å². The maximum atomic E-state index is 11.8. The summed E-state index contributed by atoms with van der Waals surface area (Å²) in [5.74, 6) is 4.18. The lowest BCUT2D eigenvalue weighted by molar-refractivity contribution is -0.145. The van der Waals surface area contributed by atoms with Crippen LogP contribution in [-0.4, -0.2) is 5.97 Å². The van der Waals surface area contributed by atoms with Gasteiger partial charge in [-0.1, -0.05) is 48.6 Å². The number of nitrogens with two attached hydrogens (primary N) is 1. The lowest BCUT2D eigenvalue weighted by Gasteiger charge is -2.17. The molecule has 3 nitrogen and oxygen atoms in total. The van der Waals surface area contributed by atoms with E-state index in [0.717, 1.165) is 24.0 Å². The molecule has 0 aliphatic heterocycles. The van der Waals surface area contributed by atoms with Crippen molar-refractivity contribution in [2.24, 2.45) is 5.90 Å². The predicted octanol–water partition coefficient (Wildman–Crippen LogP) is 2.58. The second kappa shape index (κ2) is 7.03. The highest BCUT2D eigenvalue weighted by molar-refractivity contribution is 7.59. The number of benzene rings is 1. The van der Waals surface area contributed by atoms with Gasteiger partial charge in [-0.2, -0.15) is 19.4 Å². The van der Waals surface area contributed by atoms with Crippen LogP contribution in [0.25, 0.3) is 0 Å². The number of hydrogen-bond donors (Lipinski definition) is 1. The first-order valence-electron chi connectivity index (χ1n) is 5.65. The van der Waals surface area contributed by atoms with Crippen molar-refractivity contribution in [1.29, 1.82) is 0 Å². The maximum absolute atomic E-state index is 11.8.